The van der Waals surface area contributed by atoms with Gasteiger partial charge in [0.05, 0.1) is 24.6 Å². The predicted octanol–water partition coefficient (Wildman–Crippen LogP) is 0.920. The minimum absolute atomic E-state index is 0.0245. The maximum absolute atomic E-state index is 13.0. The highest BCUT2D eigenvalue weighted by molar-refractivity contribution is 5.79. The summed E-state index contributed by atoms with van der Waals surface area (Å²) >= 11 is 0. The van der Waals surface area contributed by atoms with Gasteiger partial charge in [-0.2, -0.15) is 0 Å². The summed E-state index contributed by atoms with van der Waals surface area (Å²) in [5.74, 6) is 0.167. The van der Waals surface area contributed by atoms with Crippen LogP contribution in [0.25, 0.3) is 5.69 Å². The molecule has 0 saturated carbocycles. The van der Waals surface area contributed by atoms with Gasteiger partial charge in [-0.15, -0.1) is 0 Å². The summed E-state index contributed by atoms with van der Waals surface area (Å²) in [6, 6.07) is 9.35. The van der Waals surface area contributed by atoms with Crippen LogP contribution < -0.4 is 16.1 Å². The lowest BCUT2D eigenvalue weighted by Gasteiger charge is -2.36. The van der Waals surface area contributed by atoms with Crippen molar-refractivity contribution in [1.82, 2.24) is 14.0 Å². The van der Waals surface area contributed by atoms with E-state index in [4.69, 9.17) is 4.74 Å². The second-order valence-corrected chi connectivity index (χ2v) is 7.95. The highest BCUT2D eigenvalue weighted by Crippen LogP contribution is 2.25. The molecule has 2 fully saturated rings. The Balaban J connectivity index is 1.59. The molecule has 8 heteroatoms. The first-order valence-electron chi connectivity index (χ1n) is 10.5. The van der Waals surface area contributed by atoms with Gasteiger partial charge in [0.15, 0.2) is 0 Å². The number of benzene rings is 1. The van der Waals surface area contributed by atoms with Crippen molar-refractivity contribution in [2.75, 3.05) is 44.3 Å². The van der Waals surface area contributed by atoms with Crippen LogP contribution in [0.1, 0.15) is 18.5 Å². The van der Waals surface area contributed by atoms with Crippen LogP contribution in [0.15, 0.2) is 39.9 Å². The van der Waals surface area contributed by atoms with Crippen molar-refractivity contribution in [2.24, 2.45) is 13.0 Å². The second kappa shape index (κ2) is 8.47. The SMILES string of the molecule is Cc1c(N2CCC(C(=O)N3CCOCC3)CC2)c(=O)n(C)c(=O)n1-c1ccccc1. The van der Waals surface area contributed by atoms with Crippen molar-refractivity contribution in [1.29, 1.82) is 0 Å². The third-order valence-corrected chi connectivity index (χ3v) is 6.16. The highest BCUT2D eigenvalue weighted by atomic mass is 16.5. The summed E-state index contributed by atoms with van der Waals surface area (Å²) in [6.07, 6.45) is 1.40. The van der Waals surface area contributed by atoms with Gasteiger partial charge in [0.2, 0.25) is 5.91 Å². The van der Waals surface area contributed by atoms with Crippen LogP contribution in [0.5, 0.6) is 0 Å². The Bertz CT molecular complexity index is 1030. The summed E-state index contributed by atoms with van der Waals surface area (Å²) in [5, 5.41) is 0. The first kappa shape index (κ1) is 20.4. The topological polar surface area (TPSA) is 76.8 Å². The lowest BCUT2D eigenvalue weighted by atomic mass is 9.94. The van der Waals surface area contributed by atoms with Crippen LogP contribution in [-0.4, -0.2) is 59.3 Å². The number of para-hydroxylation sites is 1. The number of aromatic nitrogens is 2. The van der Waals surface area contributed by atoms with E-state index in [0.29, 0.717) is 63.6 Å². The maximum Gasteiger partial charge on any atom is 0.335 e. The molecule has 4 rings (SSSR count). The molecular weight excluding hydrogens is 384 g/mol. The van der Waals surface area contributed by atoms with Gasteiger partial charge in [0, 0.05) is 39.1 Å². The average molecular weight is 412 g/mol. The van der Waals surface area contributed by atoms with Crippen molar-refractivity contribution in [2.45, 2.75) is 19.8 Å². The minimum atomic E-state index is -0.357. The Morgan fingerprint density at radius 1 is 1.00 bits per heavy atom. The fourth-order valence-electron chi connectivity index (χ4n) is 4.44. The van der Waals surface area contributed by atoms with Gasteiger partial charge in [0.1, 0.15) is 5.69 Å². The molecule has 0 unspecified atom stereocenters. The van der Waals surface area contributed by atoms with E-state index >= 15 is 0 Å². The summed E-state index contributed by atoms with van der Waals surface area (Å²) < 4.78 is 8.09. The minimum Gasteiger partial charge on any atom is -0.378 e. The molecule has 0 radical (unpaired) electrons. The quantitative estimate of drug-likeness (QED) is 0.749. The van der Waals surface area contributed by atoms with Crippen molar-refractivity contribution < 1.29 is 9.53 Å². The zero-order valence-electron chi connectivity index (χ0n) is 17.5. The van der Waals surface area contributed by atoms with E-state index in [9.17, 15) is 14.4 Å². The van der Waals surface area contributed by atoms with Crippen LogP contribution in [0.4, 0.5) is 5.69 Å². The fourth-order valence-corrected chi connectivity index (χ4v) is 4.44. The molecule has 8 nitrogen and oxygen atoms in total. The molecule has 2 aromatic rings. The van der Waals surface area contributed by atoms with Crippen molar-refractivity contribution in [3.05, 3.63) is 56.9 Å². The number of rotatable bonds is 3. The van der Waals surface area contributed by atoms with Crippen LogP contribution in [0, 0.1) is 12.8 Å². The number of hydrogen-bond acceptors (Lipinski definition) is 5. The molecule has 160 valence electrons. The van der Waals surface area contributed by atoms with Gasteiger partial charge < -0.3 is 14.5 Å². The molecular formula is C22H28N4O4. The largest absolute Gasteiger partial charge is 0.378 e. The van der Waals surface area contributed by atoms with Crippen LogP contribution in [0.3, 0.4) is 0 Å². The lowest BCUT2D eigenvalue weighted by Crippen LogP contribution is -2.49. The smallest absolute Gasteiger partial charge is 0.335 e. The third-order valence-electron chi connectivity index (χ3n) is 6.16. The molecule has 30 heavy (non-hydrogen) atoms. The molecule has 0 spiro atoms. The number of anilines is 1. The van der Waals surface area contributed by atoms with Crippen molar-refractivity contribution >= 4 is 11.6 Å². The number of ether oxygens (including phenoxy) is 1. The summed E-state index contributed by atoms with van der Waals surface area (Å²) in [6.45, 7) is 5.55. The molecule has 0 aliphatic carbocycles. The van der Waals surface area contributed by atoms with E-state index in [-0.39, 0.29) is 23.1 Å². The average Bonchev–Trinajstić information content (AvgIpc) is 2.79. The van der Waals surface area contributed by atoms with Gasteiger partial charge in [-0.1, -0.05) is 18.2 Å². The van der Waals surface area contributed by atoms with Crippen LogP contribution in [0.2, 0.25) is 0 Å². The molecule has 0 bridgehead atoms. The number of nitrogens with zero attached hydrogens (tertiary/aromatic N) is 4. The number of piperidine rings is 1. The summed E-state index contributed by atoms with van der Waals surface area (Å²) in [4.78, 5) is 42.5. The number of carbonyl (C=O) groups is 1. The van der Waals surface area contributed by atoms with Gasteiger partial charge in [-0.05, 0) is 31.9 Å². The van der Waals surface area contributed by atoms with Gasteiger partial charge in [-0.3, -0.25) is 18.7 Å². The Morgan fingerprint density at radius 2 is 1.63 bits per heavy atom. The maximum atomic E-state index is 13.0. The molecule has 2 aliphatic heterocycles. The van der Waals surface area contributed by atoms with E-state index in [2.05, 4.69) is 0 Å². The van der Waals surface area contributed by atoms with Crippen LogP contribution in [-0.2, 0) is 16.6 Å². The van der Waals surface area contributed by atoms with E-state index in [0.717, 1.165) is 5.69 Å². The van der Waals surface area contributed by atoms with E-state index in [1.807, 2.05) is 47.1 Å². The summed E-state index contributed by atoms with van der Waals surface area (Å²) in [5.41, 5.74) is 1.26. The predicted molar refractivity (Wildman–Crippen MR) is 114 cm³/mol. The zero-order chi connectivity index (χ0) is 21.3. The van der Waals surface area contributed by atoms with E-state index in [1.165, 1.54) is 11.6 Å². The molecule has 0 atom stereocenters. The second-order valence-electron chi connectivity index (χ2n) is 7.95. The Hall–Kier alpha value is -2.87. The van der Waals surface area contributed by atoms with Crippen LogP contribution >= 0.6 is 0 Å². The first-order chi connectivity index (χ1) is 14.5. The fraction of sp³-hybridized carbons (Fsp3) is 0.500. The molecule has 2 saturated heterocycles. The molecule has 1 aromatic carbocycles. The number of hydrogen-bond donors (Lipinski definition) is 0. The lowest BCUT2D eigenvalue weighted by molar-refractivity contribution is -0.140. The number of carbonyl (C=O) groups excluding carboxylic acids is 1. The van der Waals surface area contributed by atoms with Gasteiger partial charge >= 0.3 is 5.69 Å². The first-order valence-corrected chi connectivity index (χ1v) is 10.5. The summed E-state index contributed by atoms with van der Waals surface area (Å²) in [7, 11) is 1.52. The molecule has 2 aliphatic rings. The van der Waals surface area contributed by atoms with E-state index < -0.39 is 0 Å². The molecule has 1 aromatic heterocycles. The van der Waals surface area contributed by atoms with Crippen molar-refractivity contribution in [3.63, 3.8) is 0 Å². The normalized spacial score (nSPS) is 17.9. The Morgan fingerprint density at radius 3 is 2.27 bits per heavy atom. The van der Waals surface area contributed by atoms with Gasteiger partial charge in [0.25, 0.3) is 5.56 Å². The number of morpholine rings is 1. The zero-order valence-corrected chi connectivity index (χ0v) is 17.5. The monoisotopic (exact) mass is 412 g/mol. The molecule has 0 N–H and O–H groups in total. The van der Waals surface area contributed by atoms with Crippen molar-refractivity contribution in [3.8, 4) is 5.69 Å². The van der Waals surface area contributed by atoms with E-state index in [1.54, 1.807) is 4.57 Å². The molecule has 3 heterocycles. The van der Waals surface area contributed by atoms with Gasteiger partial charge in [-0.25, -0.2) is 4.79 Å². The third kappa shape index (κ3) is 3.67. The number of amides is 1. The Kier molecular flexibility index (Phi) is 5.76. The highest BCUT2D eigenvalue weighted by Gasteiger charge is 2.31. The molecule has 1 amide bonds. The standard InChI is InChI=1S/C22H28N4O4/c1-16-19(21(28)23(2)22(29)26(16)18-6-4-3-5-7-18)24-10-8-17(9-11-24)20(27)25-12-14-30-15-13-25/h3-7,17H,8-15H2,1-2H3. The Labute approximate surface area is 175 Å².